The van der Waals surface area contributed by atoms with Crippen molar-refractivity contribution in [1.29, 1.82) is 0 Å². The SMILES string of the molecule is COC(OC)C(C)(O)c1ccc2cccnc2c1. The van der Waals surface area contributed by atoms with Crippen molar-refractivity contribution in [3.05, 3.63) is 42.1 Å². The van der Waals surface area contributed by atoms with Gasteiger partial charge in [-0.15, -0.1) is 0 Å². The quantitative estimate of drug-likeness (QED) is 0.840. The number of fused-ring (bicyclic) bond motifs is 1. The van der Waals surface area contributed by atoms with E-state index < -0.39 is 11.9 Å². The van der Waals surface area contributed by atoms with Crippen LogP contribution in [0.25, 0.3) is 10.9 Å². The van der Waals surface area contributed by atoms with Crippen molar-refractivity contribution in [2.75, 3.05) is 14.2 Å². The summed E-state index contributed by atoms with van der Waals surface area (Å²) in [5.41, 5.74) is 0.318. The summed E-state index contributed by atoms with van der Waals surface area (Å²) in [6.45, 7) is 1.66. The Labute approximate surface area is 106 Å². The van der Waals surface area contributed by atoms with Gasteiger partial charge in [-0.05, 0) is 24.6 Å². The Morgan fingerprint density at radius 3 is 2.61 bits per heavy atom. The third-order valence-electron chi connectivity index (χ3n) is 3.08. The topological polar surface area (TPSA) is 51.6 Å². The summed E-state index contributed by atoms with van der Waals surface area (Å²) < 4.78 is 10.3. The van der Waals surface area contributed by atoms with Crippen LogP contribution in [0, 0.1) is 0 Å². The van der Waals surface area contributed by atoms with Crippen LogP contribution in [0.2, 0.25) is 0 Å². The number of nitrogens with zero attached hydrogens (tertiary/aromatic N) is 1. The Hall–Kier alpha value is -1.49. The van der Waals surface area contributed by atoms with Crippen LogP contribution in [-0.2, 0) is 15.1 Å². The maximum absolute atomic E-state index is 10.5. The average molecular weight is 247 g/mol. The molecule has 4 nitrogen and oxygen atoms in total. The Balaban J connectivity index is 2.46. The Bertz CT molecular complexity index is 535. The molecule has 4 heteroatoms. The highest BCUT2D eigenvalue weighted by atomic mass is 16.7. The number of pyridine rings is 1. The first-order chi connectivity index (χ1) is 8.59. The number of rotatable bonds is 4. The minimum Gasteiger partial charge on any atom is -0.380 e. The van der Waals surface area contributed by atoms with Crippen LogP contribution in [0.15, 0.2) is 36.5 Å². The predicted octanol–water partition coefficient (Wildman–Crippen LogP) is 2.06. The molecule has 0 saturated heterocycles. The number of aromatic nitrogens is 1. The van der Waals surface area contributed by atoms with Crippen molar-refractivity contribution in [3.8, 4) is 0 Å². The van der Waals surface area contributed by atoms with Gasteiger partial charge in [0.05, 0.1) is 5.52 Å². The van der Waals surface area contributed by atoms with E-state index in [1.54, 1.807) is 13.1 Å². The number of ether oxygens (including phenoxy) is 2. The van der Waals surface area contributed by atoms with Crippen molar-refractivity contribution in [3.63, 3.8) is 0 Å². The third-order valence-corrected chi connectivity index (χ3v) is 3.08. The number of benzene rings is 1. The van der Waals surface area contributed by atoms with Crippen LogP contribution >= 0.6 is 0 Å². The van der Waals surface area contributed by atoms with E-state index in [2.05, 4.69) is 4.98 Å². The lowest BCUT2D eigenvalue weighted by Gasteiger charge is -2.31. The highest BCUT2D eigenvalue weighted by Gasteiger charge is 2.34. The molecule has 1 heterocycles. The fourth-order valence-electron chi connectivity index (χ4n) is 2.07. The van der Waals surface area contributed by atoms with Crippen LogP contribution in [0.4, 0.5) is 0 Å². The Morgan fingerprint density at radius 1 is 1.22 bits per heavy atom. The molecule has 1 atom stereocenters. The molecule has 1 unspecified atom stereocenters. The normalized spacial score (nSPS) is 14.9. The maximum atomic E-state index is 10.5. The molecule has 0 saturated carbocycles. The van der Waals surface area contributed by atoms with E-state index in [-0.39, 0.29) is 0 Å². The van der Waals surface area contributed by atoms with E-state index in [1.165, 1.54) is 14.2 Å². The van der Waals surface area contributed by atoms with Crippen molar-refractivity contribution >= 4 is 10.9 Å². The first kappa shape index (κ1) is 13.0. The van der Waals surface area contributed by atoms with E-state index in [1.807, 2.05) is 30.3 Å². The van der Waals surface area contributed by atoms with E-state index in [0.29, 0.717) is 5.56 Å². The summed E-state index contributed by atoms with van der Waals surface area (Å²) in [5.74, 6) is 0. The Kier molecular flexibility index (Phi) is 3.61. The molecule has 0 spiro atoms. The number of aliphatic hydroxyl groups is 1. The molecule has 1 aromatic heterocycles. The first-order valence-corrected chi connectivity index (χ1v) is 5.73. The van der Waals surface area contributed by atoms with E-state index >= 15 is 0 Å². The largest absolute Gasteiger partial charge is 0.380 e. The van der Waals surface area contributed by atoms with Gasteiger partial charge in [0.2, 0.25) is 0 Å². The van der Waals surface area contributed by atoms with Gasteiger partial charge < -0.3 is 14.6 Å². The molecule has 0 radical (unpaired) electrons. The summed E-state index contributed by atoms with van der Waals surface area (Å²) in [4.78, 5) is 4.27. The monoisotopic (exact) mass is 247 g/mol. The van der Waals surface area contributed by atoms with Gasteiger partial charge in [-0.25, -0.2) is 0 Å². The summed E-state index contributed by atoms with van der Waals surface area (Å²) in [7, 11) is 3.00. The smallest absolute Gasteiger partial charge is 0.189 e. The molecule has 0 bridgehead atoms. The molecular weight excluding hydrogens is 230 g/mol. The maximum Gasteiger partial charge on any atom is 0.189 e. The van der Waals surface area contributed by atoms with Gasteiger partial charge in [-0.1, -0.05) is 18.2 Å². The minimum atomic E-state index is -1.23. The van der Waals surface area contributed by atoms with Gasteiger partial charge in [0.1, 0.15) is 5.60 Å². The number of methoxy groups -OCH3 is 2. The second-order valence-electron chi connectivity index (χ2n) is 4.36. The van der Waals surface area contributed by atoms with Crippen molar-refractivity contribution in [2.24, 2.45) is 0 Å². The molecule has 96 valence electrons. The minimum absolute atomic E-state index is 0.711. The molecule has 0 fully saturated rings. The van der Waals surface area contributed by atoms with E-state index in [4.69, 9.17) is 9.47 Å². The zero-order chi connectivity index (χ0) is 13.2. The fourth-order valence-corrected chi connectivity index (χ4v) is 2.07. The molecule has 0 amide bonds. The summed E-state index contributed by atoms with van der Waals surface area (Å²) in [5, 5.41) is 11.6. The van der Waals surface area contributed by atoms with Gasteiger partial charge in [0.15, 0.2) is 6.29 Å². The summed E-state index contributed by atoms with van der Waals surface area (Å²) in [6.07, 6.45) is 1.00. The molecule has 0 aliphatic rings. The molecule has 0 aliphatic carbocycles. The molecule has 2 rings (SSSR count). The molecule has 1 aromatic carbocycles. The van der Waals surface area contributed by atoms with Gasteiger partial charge in [0, 0.05) is 25.8 Å². The highest BCUT2D eigenvalue weighted by Crippen LogP contribution is 2.28. The van der Waals surface area contributed by atoms with E-state index in [9.17, 15) is 5.11 Å². The number of hydrogen-bond donors (Lipinski definition) is 1. The van der Waals surface area contributed by atoms with Crippen molar-refractivity contribution in [1.82, 2.24) is 4.98 Å². The molecule has 18 heavy (non-hydrogen) atoms. The third kappa shape index (κ3) is 2.22. The van der Waals surface area contributed by atoms with Crippen molar-refractivity contribution in [2.45, 2.75) is 18.8 Å². The second-order valence-corrected chi connectivity index (χ2v) is 4.36. The van der Waals surface area contributed by atoms with Crippen LogP contribution in [0.5, 0.6) is 0 Å². The predicted molar refractivity (Wildman–Crippen MR) is 69.1 cm³/mol. The highest BCUT2D eigenvalue weighted by molar-refractivity contribution is 5.79. The average Bonchev–Trinajstić information content (AvgIpc) is 2.39. The lowest BCUT2D eigenvalue weighted by molar-refractivity contribution is -0.213. The first-order valence-electron chi connectivity index (χ1n) is 5.73. The van der Waals surface area contributed by atoms with Gasteiger partial charge in [0.25, 0.3) is 0 Å². The Morgan fingerprint density at radius 2 is 1.94 bits per heavy atom. The fraction of sp³-hybridized carbons (Fsp3) is 0.357. The summed E-state index contributed by atoms with van der Waals surface area (Å²) in [6, 6.07) is 9.49. The lowest BCUT2D eigenvalue weighted by atomic mass is 9.94. The van der Waals surface area contributed by atoms with Gasteiger partial charge in [-0.3, -0.25) is 4.98 Å². The molecule has 0 aliphatic heterocycles. The van der Waals surface area contributed by atoms with Crippen LogP contribution in [-0.4, -0.2) is 30.6 Å². The van der Waals surface area contributed by atoms with Gasteiger partial charge >= 0.3 is 0 Å². The molecule has 2 aromatic rings. The molecule has 1 N–H and O–H groups in total. The molecular formula is C14H17NO3. The zero-order valence-electron chi connectivity index (χ0n) is 10.8. The van der Waals surface area contributed by atoms with Crippen molar-refractivity contribution < 1.29 is 14.6 Å². The standard InChI is InChI=1S/C14H17NO3/c1-14(16,13(17-2)18-3)11-7-6-10-5-4-8-15-12(10)9-11/h4-9,13,16H,1-3H3. The second kappa shape index (κ2) is 5.02. The van der Waals surface area contributed by atoms with E-state index in [0.717, 1.165) is 10.9 Å². The van der Waals surface area contributed by atoms with Crippen LogP contribution in [0.3, 0.4) is 0 Å². The zero-order valence-corrected chi connectivity index (χ0v) is 10.8. The van der Waals surface area contributed by atoms with Gasteiger partial charge in [-0.2, -0.15) is 0 Å². The van der Waals surface area contributed by atoms with Crippen LogP contribution < -0.4 is 0 Å². The lowest BCUT2D eigenvalue weighted by Crippen LogP contribution is -2.39. The van der Waals surface area contributed by atoms with Crippen LogP contribution in [0.1, 0.15) is 12.5 Å². The number of hydrogen-bond acceptors (Lipinski definition) is 4. The summed E-state index contributed by atoms with van der Waals surface area (Å²) >= 11 is 0.